The summed E-state index contributed by atoms with van der Waals surface area (Å²) in [5.74, 6) is -1.40. The molecule has 0 amide bonds. The number of rotatable bonds is 3. The number of nitrogens with one attached hydrogen (secondary N) is 1. The van der Waals surface area contributed by atoms with Gasteiger partial charge >= 0.3 is 0 Å². The van der Waals surface area contributed by atoms with Crippen LogP contribution in [0.1, 0.15) is 0 Å². The molecule has 0 bridgehead atoms. The summed E-state index contributed by atoms with van der Waals surface area (Å²) in [6.07, 6.45) is -3.07. The van der Waals surface area contributed by atoms with Crippen LogP contribution >= 0.6 is 0 Å². The van der Waals surface area contributed by atoms with Crippen LogP contribution in [0.5, 0.6) is 0 Å². The molecule has 15 heavy (non-hydrogen) atoms. The van der Waals surface area contributed by atoms with Crippen molar-refractivity contribution >= 4 is 0 Å². The molecule has 0 unspecified atom stereocenters. The number of aliphatic hydroxyl groups excluding tert-OH is 3. The number of aliphatic hydroxyl groups is 4. The molecule has 0 saturated carbocycles. The Hall–Kier alpha value is -0.280. The van der Waals surface area contributed by atoms with Gasteiger partial charge in [-0.2, -0.15) is 0 Å². The van der Waals surface area contributed by atoms with Gasteiger partial charge in [-0.3, -0.25) is 5.32 Å². The minimum Gasteiger partial charge on any atom is -0.394 e. The first-order valence-corrected chi connectivity index (χ1v) is 4.78. The minimum absolute atomic E-state index is 0.0924. The van der Waals surface area contributed by atoms with Crippen molar-refractivity contribution in [2.45, 2.75) is 30.3 Å². The van der Waals surface area contributed by atoms with Crippen LogP contribution in [-0.4, -0.2) is 70.5 Å². The highest BCUT2D eigenvalue weighted by Crippen LogP contribution is 2.23. The summed E-state index contributed by atoms with van der Waals surface area (Å²) in [4.78, 5) is 0. The maximum Gasteiger partial charge on any atom is 0.250 e. The van der Waals surface area contributed by atoms with Crippen molar-refractivity contribution in [2.24, 2.45) is 0 Å². The molecule has 0 radical (unpaired) electrons. The van der Waals surface area contributed by atoms with Gasteiger partial charge in [0.1, 0.15) is 24.9 Å². The van der Waals surface area contributed by atoms with Crippen molar-refractivity contribution in [2.75, 3.05) is 19.8 Å². The van der Waals surface area contributed by atoms with Crippen molar-refractivity contribution in [3.63, 3.8) is 0 Å². The van der Waals surface area contributed by atoms with Crippen LogP contribution in [0.4, 0.5) is 0 Å². The Morgan fingerprint density at radius 1 is 1.33 bits per heavy atom. The fourth-order valence-corrected chi connectivity index (χ4v) is 1.61. The van der Waals surface area contributed by atoms with Crippen LogP contribution in [0.2, 0.25) is 0 Å². The van der Waals surface area contributed by atoms with Gasteiger partial charge in [-0.15, -0.1) is 0 Å². The maximum absolute atomic E-state index is 9.66. The molecule has 0 aromatic heterocycles. The van der Waals surface area contributed by atoms with Crippen LogP contribution in [0.15, 0.2) is 0 Å². The third-order valence-electron chi connectivity index (χ3n) is 2.64. The van der Waals surface area contributed by atoms with Crippen LogP contribution in [-0.2, 0) is 9.47 Å². The van der Waals surface area contributed by atoms with Crippen molar-refractivity contribution < 1.29 is 29.9 Å². The van der Waals surface area contributed by atoms with E-state index in [1.165, 1.54) is 0 Å². The summed E-state index contributed by atoms with van der Waals surface area (Å²) in [5, 5.41) is 40.0. The van der Waals surface area contributed by atoms with E-state index in [2.05, 4.69) is 10.1 Å². The third-order valence-corrected chi connectivity index (χ3v) is 2.64. The molecular weight excluding hydrogens is 206 g/mol. The second kappa shape index (κ2) is 3.95. The van der Waals surface area contributed by atoms with Crippen molar-refractivity contribution in [3.8, 4) is 0 Å². The van der Waals surface area contributed by atoms with E-state index < -0.39 is 30.3 Å². The standard InChI is InChI=1S/C8H15NO6/c10-1-5-7(12)6(11)4(2-14-5)9-8(13)3-15-8/h4-7,9-13H,1-3H2/t4-,5+,6+,7+,8+/m0/s1. The molecule has 2 saturated heterocycles. The van der Waals surface area contributed by atoms with Gasteiger partial charge in [0.15, 0.2) is 0 Å². The zero-order valence-corrected chi connectivity index (χ0v) is 8.04. The lowest BCUT2D eigenvalue weighted by Gasteiger charge is -2.37. The molecule has 0 spiro atoms. The molecule has 0 aromatic rings. The second-order valence-electron chi connectivity index (χ2n) is 3.86. The number of ether oxygens (including phenoxy) is 2. The fourth-order valence-electron chi connectivity index (χ4n) is 1.61. The minimum atomic E-state index is -1.40. The molecule has 7 nitrogen and oxygen atoms in total. The molecule has 5 N–H and O–H groups in total. The number of hydrogen-bond acceptors (Lipinski definition) is 7. The molecule has 2 aliphatic rings. The zero-order valence-electron chi connectivity index (χ0n) is 8.04. The van der Waals surface area contributed by atoms with E-state index in [1.54, 1.807) is 0 Å². The van der Waals surface area contributed by atoms with Gasteiger partial charge in [-0.1, -0.05) is 0 Å². The third kappa shape index (κ3) is 2.28. The van der Waals surface area contributed by atoms with Gasteiger partial charge in [-0.05, 0) is 0 Å². The predicted molar refractivity (Wildman–Crippen MR) is 46.7 cm³/mol. The molecule has 2 aliphatic heterocycles. The van der Waals surface area contributed by atoms with E-state index in [0.29, 0.717) is 0 Å². The molecular formula is C8H15NO6. The average Bonchev–Trinajstić information content (AvgIpc) is 2.92. The summed E-state index contributed by atoms with van der Waals surface area (Å²) in [6, 6.07) is -0.615. The number of hydrogen-bond donors (Lipinski definition) is 5. The Kier molecular flexibility index (Phi) is 2.95. The summed E-state index contributed by atoms with van der Waals surface area (Å²) in [6.45, 7) is -0.115. The largest absolute Gasteiger partial charge is 0.394 e. The van der Waals surface area contributed by atoms with Gasteiger partial charge in [0.25, 0.3) is 0 Å². The van der Waals surface area contributed by atoms with Crippen molar-refractivity contribution in [1.29, 1.82) is 0 Å². The van der Waals surface area contributed by atoms with Crippen LogP contribution < -0.4 is 5.32 Å². The molecule has 2 heterocycles. The van der Waals surface area contributed by atoms with Crippen LogP contribution in [0.25, 0.3) is 0 Å². The first kappa shape index (κ1) is 11.2. The van der Waals surface area contributed by atoms with E-state index in [1.807, 2.05) is 0 Å². The number of epoxide rings is 1. The Balaban J connectivity index is 1.92. The van der Waals surface area contributed by atoms with Crippen molar-refractivity contribution in [1.82, 2.24) is 5.32 Å². The first-order valence-electron chi connectivity index (χ1n) is 4.78. The van der Waals surface area contributed by atoms with E-state index in [9.17, 15) is 15.3 Å². The van der Waals surface area contributed by atoms with E-state index in [0.717, 1.165) is 0 Å². The normalized spacial score (nSPS) is 50.4. The lowest BCUT2D eigenvalue weighted by molar-refractivity contribution is -0.172. The van der Waals surface area contributed by atoms with Gasteiger partial charge in [0, 0.05) is 0 Å². The Labute approximate surface area is 86.2 Å². The lowest BCUT2D eigenvalue weighted by Crippen LogP contribution is -2.61. The molecule has 7 heteroatoms. The monoisotopic (exact) mass is 221 g/mol. The summed E-state index contributed by atoms with van der Waals surface area (Å²) in [7, 11) is 0. The summed E-state index contributed by atoms with van der Waals surface area (Å²) >= 11 is 0. The highest BCUT2D eigenvalue weighted by atomic mass is 16.7. The van der Waals surface area contributed by atoms with E-state index in [4.69, 9.17) is 9.84 Å². The second-order valence-corrected chi connectivity index (χ2v) is 3.86. The summed E-state index contributed by atoms with van der Waals surface area (Å²) < 4.78 is 9.79. The zero-order chi connectivity index (χ0) is 11.1. The lowest BCUT2D eigenvalue weighted by atomic mass is 9.98. The highest BCUT2D eigenvalue weighted by molar-refractivity contribution is 4.94. The maximum atomic E-state index is 9.66. The van der Waals surface area contributed by atoms with Gasteiger partial charge in [0.05, 0.1) is 19.3 Å². The van der Waals surface area contributed by atoms with Crippen LogP contribution in [0, 0.1) is 0 Å². The average molecular weight is 221 g/mol. The highest BCUT2D eigenvalue weighted by Gasteiger charge is 2.48. The van der Waals surface area contributed by atoms with Gasteiger partial charge < -0.3 is 29.9 Å². The topological polar surface area (TPSA) is 115 Å². The fraction of sp³-hybridized carbons (Fsp3) is 1.00. The van der Waals surface area contributed by atoms with E-state index in [-0.39, 0.29) is 19.8 Å². The Bertz CT molecular complexity index is 233. The van der Waals surface area contributed by atoms with Crippen molar-refractivity contribution in [3.05, 3.63) is 0 Å². The molecule has 5 atom stereocenters. The smallest absolute Gasteiger partial charge is 0.250 e. The Morgan fingerprint density at radius 3 is 2.53 bits per heavy atom. The van der Waals surface area contributed by atoms with E-state index >= 15 is 0 Å². The van der Waals surface area contributed by atoms with Gasteiger partial charge in [0.2, 0.25) is 5.91 Å². The Morgan fingerprint density at radius 2 is 2.00 bits per heavy atom. The molecule has 2 rings (SSSR count). The summed E-state index contributed by atoms with van der Waals surface area (Å²) in [5.41, 5.74) is 0. The SMILES string of the molecule is OC[C@H]1OC[C@H](N[C@@]2(O)CO2)[C@@H](O)[C@@H]1O. The quantitative estimate of drug-likeness (QED) is 0.251. The first-order chi connectivity index (χ1) is 7.06. The molecule has 0 aromatic carbocycles. The predicted octanol–water partition coefficient (Wildman–Crippen LogP) is -3.27. The van der Waals surface area contributed by atoms with Gasteiger partial charge in [-0.25, -0.2) is 0 Å². The molecule has 2 fully saturated rings. The molecule has 88 valence electrons. The van der Waals surface area contributed by atoms with Crippen LogP contribution in [0.3, 0.4) is 0 Å². The molecule has 0 aliphatic carbocycles.